The standard InChI is InChI=1S/C21H23N3O3/c1-25-18-10-15(20-16-12-22-9-8-17(16)23-24-20)11-19(26-2)21(18)27-13-14-6-4-3-5-7-14/h3-7,10-11,22H,8-9,12-13H2,1-2H3,(H,23,24). The lowest BCUT2D eigenvalue weighted by atomic mass is 10.0. The van der Waals surface area contributed by atoms with E-state index in [1.165, 1.54) is 11.3 Å². The zero-order chi connectivity index (χ0) is 18.6. The van der Waals surface area contributed by atoms with Gasteiger partial charge in [-0.3, -0.25) is 5.10 Å². The second-order valence-electron chi connectivity index (χ2n) is 6.44. The lowest BCUT2D eigenvalue weighted by Gasteiger charge is -2.17. The van der Waals surface area contributed by atoms with Crippen molar-refractivity contribution in [3.63, 3.8) is 0 Å². The third-order valence-corrected chi connectivity index (χ3v) is 4.77. The van der Waals surface area contributed by atoms with E-state index in [4.69, 9.17) is 14.2 Å². The minimum Gasteiger partial charge on any atom is -0.493 e. The molecule has 0 aliphatic carbocycles. The van der Waals surface area contributed by atoms with Crippen LogP contribution in [0, 0.1) is 0 Å². The fraction of sp³-hybridized carbons (Fsp3) is 0.286. The molecule has 1 aliphatic heterocycles. The molecule has 0 spiro atoms. The molecule has 0 saturated carbocycles. The van der Waals surface area contributed by atoms with E-state index in [1.54, 1.807) is 14.2 Å². The summed E-state index contributed by atoms with van der Waals surface area (Å²) in [5.41, 5.74) is 5.33. The third-order valence-electron chi connectivity index (χ3n) is 4.77. The largest absolute Gasteiger partial charge is 0.493 e. The van der Waals surface area contributed by atoms with Crippen molar-refractivity contribution in [2.45, 2.75) is 19.6 Å². The van der Waals surface area contributed by atoms with E-state index in [9.17, 15) is 0 Å². The van der Waals surface area contributed by atoms with Crippen LogP contribution in [0.1, 0.15) is 16.8 Å². The molecule has 3 aromatic rings. The van der Waals surface area contributed by atoms with Crippen LogP contribution in [0.25, 0.3) is 11.3 Å². The van der Waals surface area contributed by atoms with E-state index >= 15 is 0 Å². The molecule has 0 radical (unpaired) electrons. The Morgan fingerprint density at radius 3 is 2.48 bits per heavy atom. The molecule has 2 aromatic carbocycles. The second-order valence-corrected chi connectivity index (χ2v) is 6.44. The number of ether oxygens (including phenoxy) is 3. The summed E-state index contributed by atoms with van der Waals surface area (Å²) in [6, 6.07) is 13.9. The second kappa shape index (κ2) is 7.72. The summed E-state index contributed by atoms with van der Waals surface area (Å²) in [4.78, 5) is 0. The maximum absolute atomic E-state index is 6.03. The van der Waals surface area contributed by atoms with E-state index in [1.807, 2.05) is 42.5 Å². The average molecular weight is 365 g/mol. The van der Waals surface area contributed by atoms with Crippen LogP contribution in [0.4, 0.5) is 0 Å². The number of aromatic amines is 1. The maximum atomic E-state index is 6.03. The Morgan fingerprint density at radius 2 is 1.78 bits per heavy atom. The van der Waals surface area contributed by atoms with Crippen molar-refractivity contribution in [2.24, 2.45) is 0 Å². The molecule has 1 aliphatic rings. The van der Waals surface area contributed by atoms with Gasteiger partial charge in [0.2, 0.25) is 5.75 Å². The van der Waals surface area contributed by atoms with Gasteiger partial charge in [-0.15, -0.1) is 0 Å². The number of aromatic nitrogens is 2. The van der Waals surface area contributed by atoms with Crippen LogP contribution < -0.4 is 19.5 Å². The maximum Gasteiger partial charge on any atom is 0.203 e. The average Bonchev–Trinajstić information content (AvgIpc) is 3.16. The van der Waals surface area contributed by atoms with Gasteiger partial charge in [0.25, 0.3) is 0 Å². The Labute approximate surface area is 158 Å². The van der Waals surface area contributed by atoms with Crippen LogP contribution in [0.15, 0.2) is 42.5 Å². The fourth-order valence-electron chi connectivity index (χ4n) is 3.35. The van der Waals surface area contributed by atoms with Gasteiger partial charge < -0.3 is 19.5 Å². The van der Waals surface area contributed by atoms with E-state index in [0.29, 0.717) is 23.9 Å². The number of benzene rings is 2. The van der Waals surface area contributed by atoms with E-state index in [-0.39, 0.29) is 0 Å². The summed E-state index contributed by atoms with van der Waals surface area (Å²) in [6.07, 6.45) is 0.953. The Balaban J connectivity index is 1.68. The Kier molecular flexibility index (Phi) is 4.98. The summed E-state index contributed by atoms with van der Waals surface area (Å²) in [6.45, 7) is 2.21. The zero-order valence-corrected chi connectivity index (χ0v) is 15.5. The molecule has 0 fully saturated rings. The minimum atomic E-state index is 0.439. The topological polar surface area (TPSA) is 68.4 Å². The Bertz CT molecular complexity index is 897. The van der Waals surface area contributed by atoms with Crippen molar-refractivity contribution in [2.75, 3.05) is 20.8 Å². The van der Waals surface area contributed by atoms with Gasteiger partial charge >= 0.3 is 0 Å². The van der Waals surface area contributed by atoms with E-state index < -0.39 is 0 Å². The van der Waals surface area contributed by atoms with Crippen LogP contribution in [0.3, 0.4) is 0 Å². The minimum absolute atomic E-state index is 0.439. The smallest absolute Gasteiger partial charge is 0.203 e. The molecule has 27 heavy (non-hydrogen) atoms. The molecule has 2 heterocycles. The first-order valence-corrected chi connectivity index (χ1v) is 9.00. The number of hydrogen-bond donors (Lipinski definition) is 2. The van der Waals surface area contributed by atoms with Gasteiger partial charge in [-0.25, -0.2) is 0 Å². The number of hydrogen-bond acceptors (Lipinski definition) is 5. The van der Waals surface area contributed by atoms with Gasteiger partial charge in [-0.2, -0.15) is 5.10 Å². The number of methoxy groups -OCH3 is 2. The molecular formula is C21H23N3O3. The molecule has 4 rings (SSSR count). The van der Waals surface area contributed by atoms with E-state index in [0.717, 1.165) is 36.3 Å². The molecule has 0 unspecified atom stereocenters. The molecule has 0 amide bonds. The number of H-pyrrole nitrogens is 1. The van der Waals surface area contributed by atoms with Crippen LogP contribution in [0.5, 0.6) is 17.2 Å². The highest BCUT2D eigenvalue weighted by molar-refractivity contribution is 5.71. The quantitative estimate of drug-likeness (QED) is 0.701. The first-order valence-electron chi connectivity index (χ1n) is 9.00. The highest BCUT2D eigenvalue weighted by Crippen LogP contribution is 2.42. The summed E-state index contributed by atoms with van der Waals surface area (Å²) in [5, 5.41) is 11.1. The number of fused-ring (bicyclic) bond motifs is 1. The third kappa shape index (κ3) is 3.48. The first kappa shape index (κ1) is 17.4. The monoisotopic (exact) mass is 365 g/mol. The summed E-state index contributed by atoms with van der Waals surface area (Å²) in [7, 11) is 3.27. The molecule has 0 bridgehead atoms. The van der Waals surface area contributed by atoms with Crippen molar-refractivity contribution < 1.29 is 14.2 Å². The molecule has 1 aromatic heterocycles. The summed E-state index contributed by atoms with van der Waals surface area (Å²) in [5.74, 6) is 1.84. The SMILES string of the molecule is COc1cc(-c2n[nH]c3c2CNCC3)cc(OC)c1OCc1ccccc1. The molecule has 2 N–H and O–H groups in total. The molecular weight excluding hydrogens is 342 g/mol. The summed E-state index contributed by atoms with van der Waals surface area (Å²) >= 11 is 0. The van der Waals surface area contributed by atoms with Gasteiger partial charge in [0, 0.05) is 36.3 Å². The number of nitrogens with zero attached hydrogens (tertiary/aromatic N) is 1. The Hall–Kier alpha value is -2.99. The first-order chi connectivity index (χ1) is 13.3. The van der Waals surface area contributed by atoms with Crippen molar-refractivity contribution in [3.05, 3.63) is 59.3 Å². The fourth-order valence-corrected chi connectivity index (χ4v) is 3.35. The van der Waals surface area contributed by atoms with Crippen molar-refractivity contribution in [3.8, 4) is 28.5 Å². The van der Waals surface area contributed by atoms with Crippen LogP contribution in [-0.2, 0) is 19.6 Å². The van der Waals surface area contributed by atoms with Crippen molar-refractivity contribution in [1.29, 1.82) is 0 Å². The molecule has 0 atom stereocenters. The highest BCUT2D eigenvalue weighted by atomic mass is 16.5. The predicted molar refractivity (Wildman–Crippen MR) is 103 cm³/mol. The Morgan fingerprint density at radius 1 is 1.04 bits per heavy atom. The van der Waals surface area contributed by atoms with Crippen LogP contribution in [0.2, 0.25) is 0 Å². The van der Waals surface area contributed by atoms with Crippen molar-refractivity contribution >= 4 is 0 Å². The van der Waals surface area contributed by atoms with Gasteiger partial charge in [0.15, 0.2) is 11.5 Å². The number of nitrogens with one attached hydrogen (secondary N) is 2. The summed E-state index contributed by atoms with van der Waals surface area (Å²) < 4.78 is 17.2. The van der Waals surface area contributed by atoms with Gasteiger partial charge in [-0.1, -0.05) is 30.3 Å². The lowest BCUT2D eigenvalue weighted by Crippen LogP contribution is -2.23. The molecule has 6 heteroatoms. The molecule has 0 saturated heterocycles. The van der Waals surface area contributed by atoms with Crippen LogP contribution >= 0.6 is 0 Å². The van der Waals surface area contributed by atoms with Crippen LogP contribution in [-0.4, -0.2) is 31.0 Å². The van der Waals surface area contributed by atoms with Crippen molar-refractivity contribution in [1.82, 2.24) is 15.5 Å². The zero-order valence-electron chi connectivity index (χ0n) is 15.5. The van der Waals surface area contributed by atoms with Gasteiger partial charge in [0.05, 0.1) is 19.9 Å². The number of rotatable bonds is 6. The predicted octanol–water partition coefficient (Wildman–Crippen LogP) is 3.32. The lowest BCUT2D eigenvalue weighted by molar-refractivity contribution is 0.266. The normalized spacial score (nSPS) is 13.1. The van der Waals surface area contributed by atoms with Gasteiger partial charge in [-0.05, 0) is 17.7 Å². The van der Waals surface area contributed by atoms with E-state index in [2.05, 4.69) is 15.5 Å². The molecule has 140 valence electrons. The van der Waals surface area contributed by atoms with Gasteiger partial charge in [0.1, 0.15) is 6.61 Å². The molecule has 6 nitrogen and oxygen atoms in total. The highest BCUT2D eigenvalue weighted by Gasteiger charge is 2.21.